The van der Waals surface area contributed by atoms with Gasteiger partial charge in [-0.3, -0.25) is 0 Å². The van der Waals surface area contributed by atoms with Gasteiger partial charge in [-0.2, -0.15) is 0 Å². The van der Waals surface area contributed by atoms with Crippen LogP contribution in [0.5, 0.6) is 17.2 Å². The Balaban J connectivity index is 1.14. The molecule has 0 aromatic heterocycles. The van der Waals surface area contributed by atoms with E-state index in [0.717, 1.165) is 74.9 Å². The molecule has 202 valence electrons. The quantitative estimate of drug-likeness (QED) is 0.368. The molecule has 0 radical (unpaired) electrons. The standard InChI is InChI=1S/C33H47NO3/c1-5-34(6-2)18-20-37-28-11-9-27(10-12-28)36-19-16-25-7-14-31-32-23(3)21-24-22-26(35)8-13-29(24)30(32)15-17-33(25,31)4/h8-13,22-23,25,30-32,35H,5-7,14-21H2,1-4H3/t23?,25-,30?,31?,32?,33?/m1/s1. The highest BCUT2D eigenvalue weighted by Gasteiger charge is 2.55. The molecule has 0 bridgehead atoms. The highest BCUT2D eigenvalue weighted by molar-refractivity contribution is 5.40. The number of hydrogen-bond donors (Lipinski definition) is 1. The van der Waals surface area contributed by atoms with Crippen molar-refractivity contribution in [1.82, 2.24) is 4.90 Å². The van der Waals surface area contributed by atoms with Crippen molar-refractivity contribution in [1.29, 1.82) is 0 Å². The molecule has 3 aliphatic rings. The van der Waals surface area contributed by atoms with E-state index in [-0.39, 0.29) is 0 Å². The Labute approximate surface area is 224 Å². The molecule has 0 saturated heterocycles. The smallest absolute Gasteiger partial charge is 0.119 e. The number of phenols is 1. The molecule has 0 amide bonds. The molecule has 5 unspecified atom stereocenters. The van der Waals surface area contributed by atoms with E-state index in [1.54, 1.807) is 0 Å². The average Bonchev–Trinajstić information content (AvgIpc) is 3.23. The molecule has 2 aromatic rings. The van der Waals surface area contributed by atoms with Gasteiger partial charge in [0.2, 0.25) is 0 Å². The van der Waals surface area contributed by atoms with E-state index in [2.05, 4.69) is 50.8 Å². The summed E-state index contributed by atoms with van der Waals surface area (Å²) in [4.78, 5) is 2.37. The second-order valence-corrected chi connectivity index (χ2v) is 12.2. The number of likely N-dealkylation sites (N-methyl/N-ethyl adjacent to an activating group) is 1. The SMILES string of the molecule is CCN(CC)CCOc1ccc(OCC[C@H]2CCC3C4C(C)Cc5cc(O)ccc5C4CCC32C)cc1. The molecule has 3 aliphatic carbocycles. The van der Waals surface area contributed by atoms with Gasteiger partial charge in [-0.25, -0.2) is 0 Å². The monoisotopic (exact) mass is 505 g/mol. The third-order valence-electron chi connectivity index (χ3n) is 10.4. The van der Waals surface area contributed by atoms with Gasteiger partial charge in [0.25, 0.3) is 0 Å². The minimum absolute atomic E-state index is 0.420. The molecule has 2 aromatic carbocycles. The van der Waals surface area contributed by atoms with Crippen LogP contribution in [-0.4, -0.2) is 42.9 Å². The van der Waals surface area contributed by atoms with Gasteiger partial charge < -0.3 is 19.5 Å². The maximum Gasteiger partial charge on any atom is 0.119 e. The first-order chi connectivity index (χ1) is 17.9. The van der Waals surface area contributed by atoms with Crippen molar-refractivity contribution in [3.05, 3.63) is 53.6 Å². The Kier molecular flexibility index (Phi) is 8.04. The summed E-state index contributed by atoms with van der Waals surface area (Å²) >= 11 is 0. The number of phenolic OH excluding ortho intramolecular Hbond substituents is 1. The lowest BCUT2D eigenvalue weighted by molar-refractivity contribution is 0.000917. The van der Waals surface area contributed by atoms with E-state index in [1.165, 1.54) is 36.8 Å². The molecule has 0 heterocycles. The summed E-state index contributed by atoms with van der Waals surface area (Å²) < 4.78 is 12.1. The molecular formula is C33H47NO3. The van der Waals surface area contributed by atoms with Crippen LogP contribution < -0.4 is 9.47 Å². The van der Waals surface area contributed by atoms with Crippen molar-refractivity contribution in [2.75, 3.05) is 32.8 Å². The Morgan fingerprint density at radius 3 is 2.35 bits per heavy atom. The molecule has 4 nitrogen and oxygen atoms in total. The fraction of sp³-hybridized carbons (Fsp3) is 0.636. The largest absolute Gasteiger partial charge is 0.508 e. The molecule has 2 fully saturated rings. The van der Waals surface area contributed by atoms with Gasteiger partial charge in [0.15, 0.2) is 0 Å². The molecule has 4 heteroatoms. The third-order valence-corrected chi connectivity index (χ3v) is 10.4. The number of benzene rings is 2. The number of nitrogens with zero attached hydrogens (tertiary/aromatic N) is 1. The van der Waals surface area contributed by atoms with Gasteiger partial charge in [-0.15, -0.1) is 0 Å². The summed E-state index contributed by atoms with van der Waals surface area (Å²) in [6, 6.07) is 14.3. The van der Waals surface area contributed by atoms with Crippen LogP contribution in [-0.2, 0) is 6.42 Å². The van der Waals surface area contributed by atoms with Gasteiger partial charge >= 0.3 is 0 Å². The van der Waals surface area contributed by atoms with E-state index in [1.807, 2.05) is 24.3 Å². The second kappa shape index (κ2) is 11.3. The van der Waals surface area contributed by atoms with Crippen LogP contribution in [0.4, 0.5) is 0 Å². The number of aromatic hydroxyl groups is 1. The van der Waals surface area contributed by atoms with Gasteiger partial charge in [-0.1, -0.05) is 33.8 Å². The number of fused-ring (bicyclic) bond motifs is 5. The van der Waals surface area contributed by atoms with Gasteiger partial charge in [0.05, 0.1) is 6.61 Å². The fourth-order valence-corrected chi connectivity index (χ4v) is 8.33. The molecule has 0 aliphatic heterocycles. The predicted octanol–water partition coefficient (Wildman–Crippen LogP) is 7.30. The van der Waals surface area contributed by atoms with E-state index in [4.69, 9.17) is 9.47 Å². The van der Waals surface area contributed by atoms with Crippen molar-refractivity contribution in [3.63, 3.8) is 0 Å². The van der Waals surface area contributed by atoms with Crippen LogP contribution in [0.1, 0.15) is 76.8 Å². The van der Waals surface area contributed by atoms with Crippen molar-refractivity contribution in [2.45, 2.75) is 72.1 Å². The summed E-state index contributed by atoms with van der Waals surface area (Å²) in [5.41, 5.74) is 3.34. The Hall–Kier alpha value is -2.20. The van der Waals surface area contributed by atoms with Crippen molar-refractivity contribution in [2.24, 2.45) is 29.1 Å². The zero-order chi connectivity index (χ0) is 26.0. The van der Waals surface area contributed by atoms with Crippen LogP contribution in [0.25, 0.3) is 0 Å². The molecule has 37 heavy (non-hydrogen) atoms. The maximum atomic E-state index is 10.0. The highest BCUT2D eigenvalue weighted by Crippen LogP contribution is 2.64. The summed E-state index contributed by atoms with van der Waals surface area (Å²) in [5.74, 6) is 5.96. The Bertz CT molecular complexity index is 1030. The first kappa shape index (κ1) is 26.4. The Morgan fingerprint density at radius 2 is 1.65 bits per heavy atom. The van der Waals surface area contributed by atoms with E-state index in [0.29, 0.717) is 23.0 Å². The summed E-state index contributed by atoms with van der Waals surface area (Å²) in [7, 11) is 0. The molecular weight excluding hydrogens is 458 g/mol. The van der Waals surface area contributed by atoms with Crippen LogP contribution in [0.15, 0.2) is 42.5 Å². The lowest BCUT2D eigenvalue weighted by Gasteiger charge is -2.53. The van der Waals surface area contributed by atoms with Crippen molar-refractivity contribution in [3.8, 4) is 17.2 Å². The average molecular weight is 506 g/mol. The van der Waals surface area contributed by atoms with Crippen LogP contribution in [0.3, 0.4) is 0 Å². The maximum absolute atomic E-state index is 10.0. The first-order valence-corrected chi connectivity index (χ1v) is 14.8. The van der Waals surface area contributed by atoms with Crippen LogP contribution in [0, 0.1) is 29.1 Å². The van der Waals surface area contributed by atoms with E-state index in [9.17, 15) is 5.11 Å². The zero-order valence-corrected chi connectivity index (χ0v) is 23.4. The lowest BCUT2D eigenvalue weighted by Crippen LogP contribution is -2.45. The predicted molar refractivity (Wildman–Crippen MR) is 151 cm³/mol. The van der Waals surface area contributed by atoms with E-state index >= 15 is 0 Å². The molecule has 2 saturated carbocycles. The van der Waals surface area contributed by atoms with Crippen LogP contribution in [0.2, 0.25) is 0 Å². The Morgan fingerprint density at radius 1 is 0.946 bits per heavy atom. The minimum Gasteiger partial charge on any atom is -0.508 e. The fourth-order valence-electron chi connectivity index (χ4n) is 8.33. The summed E-state index contributed by atoms with van der Waals surface area (Å²) in [6.45, 7) is 14.0. The lowest BCUT2D eigenvalue weighted by atomic mass is 9.51. The summed E-state index contributed by atoms with van der Waals surface area (Å²) in [6.07, 6.45) is 7.55. The number of hydrogen-bond acceptors (Lipinski definition) is 4. The normalized spacial score (nSPS) is 30.5. The molecule has 0 spiro atoms. The topological polar surface area (TPSA) is 41.9 Å². The second-order valence-electron chi connectivity index (χ2n) is 12.2. The van der Waals surface area contributed by atoms with Crippen molar-refractivity contribution >= 4 is 0 Å². The van der Waals surface area contributed by atoms with Gasteiger partial charge in [-0.05, 0) is 134 Å². The third kappa shape index (κ3) is 5.37. The first-order valence-electron chi connectivity index (χ1n) is 14.8. The zero-order valence-electron chi connectivity index (χ0n) is 23.4. The molecule has 1 N–H and O–H groups in total. The van der Waals surface area contributed by atoms with Crippen LogP contribution >= 0.6 is 0 Å². The van der Waals surface area contributed by atoms with E-state index < -0.39 is 0 Å². The van der Waals surface area contributed by atoms with Gasteiger partial charge in [0.1, 0.15) is 23.9 Å². The summed E-state index contributed by atoms with van der Waals surface area (Å²) in [5, 5.41) is 10.0. The highest BCUT2D eigenvalue weighted by atomic mass is 16.5. The molecule has 5 rings (SSSR count). The van der Waals surface area contributed by atoms with Gasteiger partial charge in [0, 0.05) is 6.54 Å². The van der Waals surface area contributed by atoms with Crippen molar-refractivity contribution < 1.29 is 14.6 Å². The minimum atomic E-state index is 0.420. The molecule has 6 atom stereocenters. The number of rotatable bonds is 10. The number of ether oxygens (including phenoxy) is 2.